The van der Waals surface area contributed by atoms with Crippen molar-refractivity contribution >= 4 is 5.91 Å². The Balaban J connectivity index is 2.27. The highest BCUT2D eigenvalue weighted by Gasteiger charge is 2.23. The van der Waals surface area contributed by atoms with Crippen LogP contribution in [0, 0.1) is 0 Å². The number of unbranched alkanes of at least 4 members (excludes halogenated alkanes) is 2. The van der Waals surface area contributed by atoms with Gasteiger partial charge in [-0.05, 0) is 52.2 Å². The van der Waals surface area contributed by atoms with Crippen LogP contribution in [0.25, 0.3) is 0 Å². The molecule has 4 heteroatoms. The van der Waals surface area contributed by atoms with Crippen LogP contribution in [0.4, 0.5) is 0 Å². The number of hydrogen-bond donors (Lipinski definition) is 2. The summed E-state index contributed by atoms with van der Waals surface area (Å²) in [5, 5.41) is 2.98. The van der Waals surface area contributed by atoms with Gasteiger partial charge in [0.15, 0.2) is 0 Å². The van der Waals surface area contributed by atoms with Crippen molar-refractivity contribution in [1.82, 2.24) is 10.2 Å². The van der Waals surface area contributed by atoms with Crippen molar-refractivity contribution in [2.24, 2.45) is 5.73 Å². The molecule has 0 aliphatic carbocycles. The van der Waals surface area contributed by atoms with Gasteiger partial charge in [0.05, 0.1) is 6.04 Å². The number of hydrogen-bond acceptors (Lipinski definition) is 3. The molecule has 1 atom stereocenters. The van der Waals surface area contributed by atoms with Crippen molar-refractivity contribution < 1.29 is 4.79 Å². The Morgan fingerprint density at radius 1 is 1.38 bits per heavy atom. The maximum Gasteiger partial charge on any atom is 0.237 e. The molecule has 0 spiro atoms. The van der Waals surface area contributed by atoms with Gasteiger partial charge in [0.25, 0.3) is 0 Å². The first-order valence-corrected chi connectivity index (χ1v) is 6.43. The van der Waals surface area contributed by atoms with Crippen LogP contribution in [0.3, 0.4) is 0 Å². The normalized spacial score (nSPS) is 21.9. The van der Waals surface area contributed by atoms with E-state index >= 15 is 0 Å². The number of carbonyl (C=O) groups is 1. The SMILES string of the molecule is CN(CCCCCN)C1CCCCNC1=O. The Bertz CT molecular complexity index is 208. The molecule has 0 bridgehead atoms. The number of carbonyl (C=O) groups excluding carboxylic acids is 1. The molecule has 4 nitrogen and oxygen atoms in total. The van der Waals surface area contributed by atoms with Gasteiger partial charge in [-0.15, -0.1) is 0 Å². The summed E-state index contributed by atoms with van der Waals surface area (Å²) in [6.07, 6.45) is 6.65. The van der Waals surface area contributed by atoms with Crippen molar-refractivity contribution in [3.63, 3.8) is 0 Å². The van der Waals surface area contributed by atoms with Crippen molar-refractivity contribution in [1.29, 1.82) is 0 Å². The Labute approximate surface area is 98.6 Å². The molecule has 94 valence electrons. The monoisotopic (exact) mass is 227 g/mol. The summed E-state index contributed by atoms with van der Waals surface area (Å²) in [5.74, 6) is 0.207. The number of likely N-dealkylation sites (N-methyl/N-ethyl adjacent to an activating group) is 1. The molecule has 0 aromatic heterocycles. The Kier molecular flexibility index (Phi) is 6.42. The second-order valence-corrected chi connectivity index (χ2v) is 4.63. The molecule has 0 saturated carbocycles. The van der Waals surface area contributed by atoms with Gasteiger partial charge >= 0.3 is 0 Å². The molecule has 1 rings (SSSR count). The second-order valence-electron chi connectivity index (χ2n) is 4.63. The summed E-state index contributed by atoms with van der Waals surface area (Å²) in [6, 6.07) is 0.0837. The molecule has 1 saturated heterocycles. The molecule has 3 N–H and O–H groups in total. The fourth-order valence-corrected chi connectivity index (χ4v) is 2.18. The first kappa shape index (κ1) is 13.5. The minimum absolute atomic E-state index is 0.0837. The largest absolute Gasteiger partial charge is 0.355 e. The van der Waals surface area contributed by atoms with E-state index in [1.807, 2.05) is 0 Å². The molecular formula is C12H25N3O. The van der Waals surface area contributed by atoms with E-state index in [9.17, 15) is 4.79 Å². The minimum Gasteiger partial charge on any atom is -0.355 e. The lowest BCUT2D eigenvalue weighted by molar-refractivity contribution is -0.125. The van der Waals surface area contributed by atoms with Gasteiger partial charge in [0.2, 0.25) is 5.91 Å². The van der Waals surface area contributed by atoms with Crippen molar-refractivity contribution in [3.05, 3.63) is 0 Å². The number of nitrogens with two attached hydrogens (primary N) is 1. The molecule has 1 fully saturated rings. The van der Waals surface area contributed by atoms with Gasteiger partial charge in [0.1, 0.15) is 0 Å². The van der Waals surface area contributed by atoms with E-state index < -0.39 is 0 Å². The lowest BCUT2D eigenvalue weighted by Crippen LogP contribution is -2.44. The van der Waals surface area contributed by atoms with Crippen molar-refractivity contribution in [2.75, 3.05) is 26.7 Å². The summed E-state index contributed by atoms with van der Waals surface area (Å²) in [6.45, 7) is 2.61. The van der Waals surface area contributed by atoms with E-state index in [0.717, 1.165) is 58.2 Å². The van der Waals surface area contributed by atoms with Crippen molar-refractivity contribution in [3.8, 4) is 0 Å². The third-order valence-electron chi connectivity index (χ3n) is 3.25. The highest BCUT2D eigenvalue weighted by molar-refractivity contribution is 5.81. The van der Waals surface area contributed by atoms with E-state index in [-0.39, 0.29) is 11.9 Å². The quantitative estimate of drug-likeness (QED) is 0.657. The van der Waals surface area contributed by atoms with Crippen LogP contribution in [0.2, 0.25) is 0 Å². The van der Waals surface area contributed by atoms with E-state index in [1.54, 1.807) is 0 Å². The van der Waals surface area contributed by atoms with E-state index in [0.29, 0.717) is 0 Å². The van der Waals surface area contributed by atoms with Gasteiger partial charge in [-0.2, -0.15) is 0 Å². The molecule has 16 heavy (non-hydrogen) atoms. The van der Waals surface area contributed by atoms with Crippen LogP contribution >= 0.6 is 0 Å². The molecule has 1 aliphatic rings. The predicted octanol–water partition coefficient (Wildman–Crippen LogP) is 0.716. The summed E-state index contributed by atoms with van der Waals surface area (Å²) in [4.78, 5) is 14.0. The van der Waals surface area contributed by atoms with Gasteiger partial charge in [0, 0.05) is 6.54 Å². The first-order valence-electron chi connectivity index (χ1n) is 6.43. The maximum atomic E-state index is 11.8. The Hall–Kier alpha value is -0.610. The zero-order chi connectivity index (χ0) is 11.8. The zero-order valence-corrected chi connectivity index (χ0v) is 10.4. The molecule has 1 unspecified atom stereocenters. The maximum absolute atomic E-state index is 11.8. The predicted molar refractivity (Wildman–Crippen MR) is 66.2 cm³/mol. The third-order valence-corrected chi connectivity index (χ3v) is 3.25. The van der Waals surface area contributed by atoms with Crippen LogP contribution in [-0.2, 0) is 4.79 Å². The van der Waals surface area contributed by atoms with E-state index in [1.165, 1.54) is 0 Å². The third kappa shape index (κ3) is 4.49. The van der Waals surface area contributed by atoms with Gasteiger partial charge in [-0.25, -0.2) is 0 Å². The second kappa shape index (κ2) is 7.63. The number of rotatable bonds is 6. The number of amides is 1. The number of nitrogens with zero attached hydrogens (tertiary/aromatic N) is 1. The summed E-state index contributed by atoms with van der Waals surface area (Å²) in [5.41, 5.74) is 5.45. The van der Waals surface area contributed by atoms with Crippen LogP contribution in [0.5, 0.6) is 0 Å². The molecular weight excluding hydrogens is 202 g/mol. The molecule has 1 heterocycles. The highest BCUT2D eigenvalue weighted by Crippen LogP contribution is 2.11. The molecule has 0 radical (unpaired) electrons. The average Bonchev–Trinajstić information content (AvgIpc) is 2.49. The van der Waals surface area contributed by atoms with Gasteiger partial charge in [-0.1, -0.05) is 6.42 Å². The molecule has 1 aliphatic heterocycles. The Morgan fingerprint density at radius 2 is 2.19 bits per heavy atom. The summed E-state index contributed by atoms with van der Waals surface area (Å²) < 4.78 is 0. The first-order chi connectivity index (χ1) is 7.75. The molecule has 0 aromatic rings. The standard InChI is InChI=1S/C12H25N3O/c1-15(10-6-2-4-8-13)11-7-3-5-9-14-12(11)16/h11H,2-10,13H2,1H3,(H,14,16). The lowest BCUT2D eigenvalue weighted by atomic mass is 10.1. The van der Waals surface area contributed by atoms with Crippen LogP contribution in [0.1, 0.15) is 38.5 Å². The van der Waals surface area contributed by atoms with Crippen LogP contribution in [-0.4, -0.2) is 43.5 Å². The van der Waals surface area contributed by atoms with Gasteiger partial charge in [-0.3, -0.25) is 9.69 Å². The fraction of sp³-hybridized carbons (Fsp3) is 0.917. The summed E-state index contributed by atoms with van der Waals surface area (Å²) in [7, 11) is 2.05. The topological polar surface area (TPSA) is 58.4 Å². The minimum atomic E-state index is 0.0837. The molecule has 0 aromatic carbocycles. The highest BCUT2D eigenvalue weighted by atomic mass is 16.2. The van der Waals surface area contributed by atoms with Crippen LogP contribution in [0.15, 0.2) is 0 Å². The van der Waals surface area contributed by atoms with E-state index in [2.05, 4.69) is 17.3 Å². The van der Waals surface area contributed by atoms with Crippen molar-refractivity contribution in [2.45, 2.75) is 44.6 Å². The van der Waals surface area contributed by atoms with Gasteiger partial charge < -0.3 is 11.1 Å². The lowest BCUT2D eigenvalue weighted by Gasteiger charge is -2.25. The number of nitrogens with one attached hydrogen (secondary N) is 1. The summed E-state index contributed by atoms with van der Waals surface area (Å²) >= 11 is 0. The average molecular weight is 227 g/mol. The van der Waals surface area contributed by atoms with Crippen LogP contribution < -0.4 is 11.1 Å². The fourth-order valence-electron chi connectivity index (χ4n) is 2.18. The Morgan fingerprint density at radius 3 is 2.94 bits per heavy atom. The smallest absolute Gasteiger partial charge is 0.237 e. The molecule has 1 amide bonds. The zero-order valence-electron chi connectivity index (χ0n) is 10.4. The van der Waals surface area contributed by atoms with E-state index in [4.69, 9.17) is 5.73 Å².